The molecule has 0 aliphatic carbocycles. The number of thiazole rings is 1. The van der Waals surface area contributed by atoms with E-state index in [0.717, 1.165) is 37.0 Å². The highest BCUT2D eigenvalue weighted by atomic mass is 32.1. The second-order valence-corrected chi connectivity index (χ2v) is 7.15. The highest BCUT2D eigenvalue weighted by Crippen LogP contribution is 2.15. The molecule has 2 amide bonds. The maximum absolute atomic E-state index is 12.0. The highest BCUT2D eigenvalue weighted by molar-refractivity contribution is 7.15. The Balaban J connectivity index is 1.44. The van der Waals surface area contributed by atoms with Crippen LogP contribution in [-0.2, 0) is 11.3 Å². The van der Waals surface area contributed by atoms with Gasteiger partial charge in [-0.3, -0.25) is 9.30 Å². The first kappa shape index (κ1) is 16.2. The highest BCUT2D eigenvalue weighted by Gasteiger charge is 2.28. The van der Waals surface area contributed by atoms with Crippen molar-refractivity contribution < 1.29 is 9.53 Å². The van der Waals surface area contributed by atoms with E-state index >= 15 is 0 Å². The summed E-state index contributed by atoms with van der Waals surface area (Å²) >= 11 is 1.58. The smallest absolute Gasteiger partial charge is 0.315 e. The average molecular weight is 337 g/mol. The van der Waals surface area contributed by atoms with Crippen LogP contribution < -0.4 is 10.6 Å². The Labute approximate surface area is 139 Å². The van der Waals surface area contributed by atoms with Crippen LogP contribution in [0.3, 0.4) is 0 Å². The Morgan fingerprint density at radius 1 is 1.39 bits per heavy atom. The SMILES string of the molecule is CC(C)(CNC(=O)NCc1cn2ccsc2n1)N1CCOCC1. The van der Waals surface area contributed by atoms with Gasteiger partial charge in [-0.25, -0.2) is 9.78 Å². The van der Waals surface area contributed by atoms with Gasteiger partial charge in [-0.05, 0) is 13.8 Å². The number of rotatable bonds is 5. The molecule has 7 nitrogen and oxygen atoms in total. The Morgan fingerprint density at radius 3 is 2.91 bits per heavy atom. The van der Waals surface area contributed by atoms with Crippen LogP contribution in [0.5, 0.6) is 0 Å². The summed E-state index contributed by atoms with van der Waals surface area (Å²) in [4.78, 5) is 19.7. The van der Waals surface area contributed by atoms with Gasteiger partial charge in [0.15, 0.2) is 4.96 Å². The summed E-state index contributed by atoms with van der Waals surface area (Å²) in [7, 11) is 0. The standard InChI is InChI=1S/C15H23N5O2S/c1-15(2,20-3-6-22-7-4-20)11-17-13(21)16-9-12-10-19-5-8-23-14(19)18-12/h5,8,10H,3-4,6-7,9,11H2,1-2H3,(H2,16,17,21). The molecule has 0 bridgehead atoms. The zero-order valence-corrected chi connectivity index (χ0v) is 14.4. The summed E-state index contributed by atoms with van der Waals surface area (Å²) < 4.78 is 7.34. The van der Waals surface area contributed by atoms with E-state index in [-0.39, 0.29) is 11.6 Å². The number of hydrogen-bond acceptors (Lipinski definition) is 5. The molecule has 1 aliphatic heterocycles. The molecule has 2 aromatic heterocycles. The molecular weight excluding hydrogens is 314 g/mol. The van der Waals surface area contributed by atoms with Crippen molar-refractivity contribution in [2.45, 2.75) is 25.9 Å². The molecule has 3 heterocycles. The maximum atomic E-state index is 12.0. The van der Waals surface area contributed by atoms with E-state index in [1.165, 1.54) is 0 Å². The Morgan fingerprint density at radius 2 is 2.17 bits per heavy atom. The molecule has 1 fully saturated rings. The first-order chi connectivity index (χ1) is 11.0. The predicted octanol–water partition coefficient (Wildman–Crippen LogP) is 1.31. The van der Waals surface area contributed by atoms with Crippen LogP contribution in [0.15, 0.2) is 17.8 Å². The molecule has 1 aliphatic rings. The topological polar surface area (TPSA) is 70.9 Å². The first-order valence-corrected chi connectivity index (χ1v) is 8.68. The van der Waals surface area contributed by atoms with E-state index in [2.05, 4.69) is 34.4 Å². The lowest BCUT2D eigenvalue weighted by molar-refractivity contribution is -0.00874. The second kappa shape index (κ2) is 6.86. The molecule has 0 saturated carbocycles. The van der Waals surface area contributed by atoms with Crippen molar-refractivity contribution in [3.05, 3.63) is 23.5 Å². The van der Waals surface area contributed by atoms with Gasteiger partial charge < -0.3 is 15.4 Å². The summed E-state index contributed by atoms with van der Waals surface area (Å²) in [6, 6.07) is -0.164. The quantitative estimate of drug-likeness (QED) is 0.863. The van der Waals surface area contributed by atoms with Crippen molar-refractivity contribution in [3.8, 4) is 0 Å². The summed E-state index contributed by atoms with van der Waals surface area (Å²) in [6.07, 6.45) is 3.89. The fraction of sp³-hybridized carbons (Fsp3) is 0.600. The van der Waals surface area contributed by atoms with Gasteiger partial charge in [-0.2, -0.15) is 0 Å². The summed E-state index contributed by atoms with van der Waals surface area (Å²) in [6.45, 7) is 8.63. The van der Waals surface area contributed by atoms with Crippen molar-refractivity contribution in [1.29, 1.82) is 0 Å². The van der Waals surface area contributed by atoms with Crippen LogP contribution in [0.25, 0.3) is 4.96 Å². The number of hydrogen-bond donors (Lipinski definition) is 2. The van der Waals surface area contributed by atoms with Crippen LogP contribution >= 0.6 is 11.3 Å². The zero-order chi connectivity index (χ0) is 16.3. The summed E-state index contributed by atoms with van der Waals surface area (Å²) in [5.74, 6) is 0. The molecule has 126 valence electrons. The van der Waals surface area contributed by atoms with Crippen molar-refractivity contribution in [3.63, 3.8) is 0 Å². The third kappa shape index (κ3) is 4.01. The van der Waals surface area contributed by atoms with Gasteiger partial charge in [0.25, 0.3) is 0 Å². The summed E-state index contributed by atoms with van der Waals surface area (Å²) in [5, 5.41) is 7.80. The van der Waals surface area contributed by atoms with Gasteiger partial charge in [-0.1, -0.05) is 0 Å². The number of carbonyl (C=O) groups is 1. The first-order valence-electron chi connectivity index (χ1n) is 7.80. The minimum atomic E-state index is -0.164. The number of morpholine rings is 1. The Hall–Kier alpha value is -1.64. The Bertz CT molecular complexity index is 631. The third-order valence-electron chi connectivity index (χ3n) is 4.12. The number of amides is 2. The lowest BCUT2D eigenvalue weighted by Gasteiger charge is -2.40. The number of aromatic nitrogens is 2. The molecule has 2 aromatic rings. The predicted molar refractivity (Wildman–Crippen MR) is 89.8 cm³/mol. The largest absolute Gasteiger partial charge is 0.379 e. The van der Waals surface area contributed by atoms with Crippen LogP contribution in [0, 0.1) is 0 Å². The number of imidazole rings is 1. The number of nitrogens with zero attached hydrogens (tertiary/aromatic N) is 3. The van der Waals surface area contributed by atoms with E-state index < -0.39 is 0 Å². The van der Waals surface area contributed by atoms with Gasteiger partial charge >= 0.3 is 6.03 Å². The molecule has 0 spiro atoms. The number of urea groups is 1. The number of ether oxygens (including phenoxy) is 1. The fourth-order valence-electron chi connectivity index (χ4n) is 2.67. The Kier molecular flexibility index (Phi) is 4.84. The van der Waals surface area contributed by atoms with Gasteiger partial charge in [0.1, 0.15) is 0 Å². The van der Waals surface area contributed by atoms with Crippen LogP contribution in [0.4, 0.5) is 4.79 Å². The van der Waals surface area contributed by atoms with Gasteiger partial charge in [0, 0.05) is 42.9 Å². The molecule has 0 unspecified atom stereocenters. The lowest BCUT2D eigenvalue weighted by atomic mass is 10.0. The molecule has 3 rings (SSSR count). The normalized spacial score (nSPS) is 16.6. The van der Waals surface area contributed by atoms with E-state index in [9.17, 15) is 4.79 Å². The number of nitrogens with one attached hydrogen (secondary N) is 2. The lowest BCUT2D eigenvalue weighted by Crippen LogP contribution is -2.56. The molecule has 1 saturated heterocycles. The molecular formula is C15H23N5O2S. The monoisotopic (exact) mass is 337 g/mol. The summed E-state index contributed by atoms with van der Waals surface area (Å²) in [5.41, 5.74) is 0.775. The third-order valence-corrected chi connectivity index (χ3v) is 4.89. The van der Waals surface area contributed by atoms with E-state index in [1.54, 1.807) is 11.3 Å². The second-order valence-electron chi connectivity index (χ2n) is 6.27. The van der Waals surface area contributed by atoms with Gasteiger partial charge in [0.2, 0.25) is 0 Å². The molecule has 23 heavy (non-hydrogen) atoms. The van der Waals surface area contributed by atoms with Crippen LogP contribution in [0.2, 0.25) is 0 Å². The van der Waals surface area contributed by atoms with Crippen LogP contribution in [-0.4, -0.2) is 58.7 Å². The van der Waals surface area contributed by atoms with Gasteiger partial charge in [0.05, 0.1) is 25.5 Å². The van der Waals surface area contributed by atoms with Crippen molar-refractivity contribution in [1.82, 2.24) is 24.9 Å². The fourth-order valence-corrected chi connectivity index (χ4v) is 3.39. The van der Waals surface area contributed by atoms with E-state index in [0.29, 0.717) is 13.1 Å². The molecule has 8 heteroatoms. The maximum Gasteiger partial charge on any atom is 0.315 e. The van der Waals surface area contributed by atoms with E-state index in [1.807, 2.05) is 22.2 Å². The number of fused-ring (bicyclic) bond motifs is 1. The zero-order valence-electron chi connectivity index (χ0n) is 13.5. The van der Waals surface area contributed by atoms with Crippen molar-refractivity contribution in [2.24, 2.45) is 0 Å². The van der Waals surface area contributed by atoms with Crippen molar-refractivity contribution >= 4 is 22.3 Å². The van der Waals surface area contributed by atoms with E-state index in [4.69, 9.17) is 4.74 Å². The number of carbonyl (C=O) groups excluding carboxylic acids is 1. The molecule has 2 N–H and O–H groups in total. The van der Waals surface area contributed by atoms with Crippen LogP contribution in [0.1, 0.15) is 19.5 Å². The molecule has 0 radical (unpaired) electrons. The average Bonchev–Trinajstić information content (AvgIpc) is 3.13. The molecule has 0 atom stereocenters. The minimum absolute atomic E-state index is 0.0852. The minimum Gasteiger partial charge on any atom is -0.379 e. The van der Waals surface area contributed by atoms with Gasteiger partial charge in [-0.15, -0.1) is 11.3 Å². The van der Waals surface area contributed by atoms with Crippen molar-refractivity contribution in [2.75, 3.05) is 32.8 Å². The molecule has 0 aromatic carbocycles.